The van der Waals surface area contributed by atoms with E-state index in [4.69, 9.17) is 0 Å². The van der Waals surface area contributed by atoms with Gasteiger partial charge in [0, 0.05) is 28.8 Å². The Hall–Kier alpha value is -1.72. The normalized spacial score (nSPS) is 30.1. The number of aliphatic hydroxyl groups is 2. The van der Waals surface area contributed by atoms with Crippen molar-refractivity contribution in [2.24, 2.45) is 11.8 Å². The van der Waals surface area contributed by atoms with Gasteiger partial charge in [0.2, 0.25) is 5.91 Å². The first-order valence-electron chi connectivity index (χ1n) is 9.49. The van der Waals surface area contributed by atoms with E-state index in [-0.39, 0.29) is 36.2 Å². The van der Waals surface area contributed by atoms with Crippen LogP contribution in [0.2, 0.25) is 0 Å². The average Bonchev–Trinajstić information content (AvgIpc) is 3.24. The summed E-state index contributed by atoms with van der Waals surface area (Å²) in [6.45, 7) is 4.20. The summed E-state index contributed by atoms with van der Waals surface area (Å²) < 4.78 is 0.712. The van der Waals surface area contributed by atoms with Crippen molar-refractivity contribution in [1.82, 2.24) is 15.2 Å². The summed E-state index contributed by atoms with van der Waals surface area (Å²) in [6.07, 6.45) is 1.92. The molecule has 0 aromatic carbocycles. The number of nitrogens with one attached hydrogen (secondary N) is 1. The van der Waals surface area contributed by atoms with Crippen molar-refractivity contribution in [3.63, 3.8) is 0 Å². The third-order valence-electron chi connectivity index (χ3n) is 5.76. The van der Waals surface area contributed by atoms with Gasteiger partial charge in [-0.05, 0) is 18.9 Å². The summed E-state index contributed by atoms with van der Waals surface area (Å²) in [6, 6.07) is -0.316. The predicted molar refractivity (Wildman–Crippen MR) is 109 cm³/mol. The molecule has 1 aromatic rings. The van der Waals surface area contributed by atoms with Crippen LogP contribution in [0, 0.1) is 11.8 Å². The topological polar surface area (TPSA) is 123 Å². The van der Waals surface area contributed by atoms with E-state index < -0.39 is 18.0 Å². The van der Waals surface area contributed by atoms with Crippen LogP contribution in [0.15, 0.2) is 26.4 Å². The van der Waals surface area contributed by atoms with E-state index in [0.29, 0.717) is 22.2 Å². The van der Waals surface area contributed by atoms with E-state index in [9.17, 15) is 24.9 Å². The van der Waals surface area contributed by atoms with Crippen LogP contribution in [0.25, 0.3) is 5.57 Å². The van der Waals surface area contributed by atoms with Crippen molar-refractivity contribution in [3.05, 3.63) is 27.8 Å². The third-order valence-corrected chi connectivity index (χ3v) is 7.99. The SMILES string of the molecule is C[C@@H](O)[C@@H]1C(=O)N2C(C(=O)O)=C(Sc3nc(C4=CCN[C@@H](CO)C4)cs3)[C@H](C)[C@H]12. The van der Waals surface area contributed by atoms with Gasteiger partial charge in [-0.1, -0.05) is 24.8 Å². The fraction of sp³-hybridized carbons (Fsp3) is 0.526. The quantitative estimate of drug-likeness (QED) is 0.489. The summed E-state index contributed by atoms with van der Waals surface area (Å²) in [7, 11) is 0. The molecule has 1 aromatic heterocycles. The van der Waals surface area contributed by atoms with Crippen molar-refractivity contribution in [2.75, 3.05) is 13.2 Å². The van der Waals surface area contributed by atoms with Crippen LogP contribution >= 0.6 is 23.1 Å². The summed E-state index contributed by atoms with van der Waals surface area (Å²) >= 11 is 2.72. The first-order valence-corrected chi connectivity index (χ1v) is 11.2. The maximum atomic E-state index is 12.4. The Balaban J connectivity index is 1.58. The summed E-state index contributed by atoms with van der Waals surface area (Å²) in [5.41, 5.74) is 1.90. The highest BCUT2D eigenvalue weighted by atomic mass is 32.2. The molecule has 1 saturated heterocycles. The van der Waals surface area contributed by atoms with Crippen molar-refractivity contribution >= 4 is 40.5 Å². The van der Waals surface area contributed by atoms with Crippen LogP contribution in [0.3, 0.4) is 0 Å². The van der Waals surface area contributed by atoms with Crippen LogP contribution in [0.4, 0.5) is 0 Å². The second-order valence-corrected chi connectivity index (χ2v) is 9.74. The predicted octanol–water partition coefficient (Wildman–Crippen LogP) is 1.13. The van der Waals surface area contributed by atoms with Crippen LogP contribution in [-0.4, -0.2) is 68.4 Å². The Kier molecular flexibility index (Phi) is 5.56. The molecule has 0 saturated carbocycles. The minimum atomic E-state index is -1.14. The van der Waals surface area contributed by atoms with Crippen LogP contribution in [0.5, 0.6) is 0 Å². The lowest BCUT2D eigenvalue weighted by Gasteiger charge is -2.46. The zero-order valence-electron chi connectivity index (χ0n) is 16.0. The third kappa shape index (κ3) is 3.42. The van der Waals surface area contributed by atoms with Crippen molar-refractivity contribution in [1.29, 1.82) is 0 Å². The highest BCUT2D eigenvalue weighted by molar-refractivity contribution is 8.04. The number of hydrogen-bond acceptors (Lipinski definition) is 8. The van der Waals surface area contributed by atoms with Crippen LogP contribution < -0.4 is 5.32 Å². The molecular formula is C19H23N3O5S2. The Bertz CT molecular complexity index is 909. The van der Waals surface area contributed by atoms with Crippen LogP contribution in [0.1, 0.15) is 26.0 Å². The number of carboxylic acid groups (broad SMARTS) is 1. The smallest absolute Gasteiger partial charge is 0.353 e. The molecule has 156 valence electrons. The average molecular weight is 438 g/mol. The minimum Gasteiger partial charge on any atom is -0.477 e. The standard InChI is InChI=1S/C19H23N3O5S2/c1-8-14-13(9(2)24)17(25)22(14)15(18(26)27)16(8)29-19-21-12(7-28-19)10-3-4-20-11(5-10)6-23/h3,7-9,11,13-14,20,23-24H,4-6H2,1-2H3,(H,26,27)/t8-,9-,11-,13+,14-/m1/s1. The van der Waals surface area contributed by atoms with E-state index in [1.165, 1.54) is 28.0 Å². The molecule has 0 aliphatic carbocycles. The molecule has 3 aliphatic heterocycles. The monoisotopic (exact) mass is 437 g/mol. The number of carbonyl (C=O) groups excluding carboxylic acids is 1. The molecule has 0 radical (unpaired) electrons. The van der Waals surface area contributed by atoms with Gasteiger partial charge in [0.05, 0.1) is 30.4 Å². The summed E-state index contributed by atoms with van der Waals surface area (Å²) in [5, 5.41) is 34.2. The van der Waals surface area contributed by atoms with E-state index in [1.807, 2.05) is 18.4 Å². The van der Waals surface area contributed by atoms with E-state index >= 15 is 0 Å². The van der Waals surface area contributed by atoms with Crippen molar-refractivity contribution < 1.29 is 24.9 Å². The Morgan fingerprint density at radius 3 is 2.93 bits per heavy atom. The highest BCUT2D eigenvalue weighted by Crippen LogP contribution is 2.52. The van der Waals surface area contributed by atoms with Gasteiger partial charge >= 0.3 is 5.97 Å². The van der Waals surface area contributed by atoms with Gasteiger partial charge in [0.25, 0.3) is 0 Å². The molecule has 1 amide bonds. The number of aliphatic carboxylic acids is 1. The molecule has 1 fully saturated rings. The number of carboxylic acids is 1. The lowest BCUT2D eigenvalue weighted by molar-refractivity contribution is -0.163. The Labute approximate surface area is 176 Å². The number of thiazole rings is 1. The van der Waals surface area contributed by atoms with Crippen molar-refractivity contribution in [3.8, 4) is 0 Å². The number of carbonyl (C=O) groups is 2. The second kappa shape index (κ2) is 7.84. The molecule has 0 unspecified atom stereocenters. The zero-order valence-corrected chi connectivity index (χ0v) is 17.7. The fourth-order valence-electron chi connectivity index (χ4n) is 4.31. The minimum absolute atomic E-state index is 0.00702. The van der Waals surface area contributed by atoms with E-state index in [1.54, 1.807) is 6.92 Å². The Morgan fingerprint density at radius 2 is 2.28 bits per heavy atom. The molecule has 0 bridgehead atoms. The number of rotatable bonds is 6. The summed E-state index contributed by atoms with van der Waals surface area (Å²) in [4.78, 5) is 30.9. The second-order valence-electron chi connectivity index (χ2n) is 7.59. The number of fused-ring (bicyclic) bond motifs is 1. The number of aromatic nitrogens is 1. The van der Waals surface area contributed by atoms with Gasteiger partial charge in [-0.15, -0.1) is 11.3 Å². The van der Waals surface area contributed by atoms with Gasteiger partial charge in [0.15, 0.2) is 4.34 Å². The fourth-order valence-corrected chi connectivity index (χ4v) is 6.42. The number of thioether (sulfide) groups is 1. The van der Waals surface area contributed by atoms with Gasteiger partial charge in [-0.3, -0.25) is 4.79 Å². The largest absolute Gasteiger partial charge is 0.477 e. The molecule has 4 heterocycles. The molecule has 4 rings (SSSR count). The number of nitrogens with zero attached hydrogens (tertiary/aromatic N) is 2. The lowest BCUT2D eigenvalue weighted by Crippen LogP contribution is -2.63. The van der Waals surface area contributed by atoms with Gasteiger partial charge < -0.3 is 25.5 Å². The maximum Gasteiger partial charge on any atom is 0.353 e. The molecule has 5 atom stereocenters. The molecule has 0 spiro atoms. The van der Waals surface area contributed by atoms with E-state index in [0.717, 1.165) is 11.3 Å². The zero-order chi connectivity index (χ0) is 20.9. The molecule has 10 heteroatoms. The molecule has 4 N–H and O–H groups in total. The van der Waals surface area contributed by atoms with Crippen molar-refractivity contribution in [2.45, 2.75) is 42.8 Å². The Morgan fingerprint density at radius 1 is 1.52 bits per heavy atom. The molecule has 8 nitrogen and oxygen atoms in total. The van der Waals surface area contributed by atoms with Gasteiger partial charge in [-0.2, -0.15) is 0 Å². The number of amides is 1. The lowest BCUT2D eigenvalue weighted by atomic mass is 9.79. The molecule has 3 aliphatic rings. The first kappa shape index (κ1) is 20.5. The molecule has 29 heavy (non-hydrogen) atoms. The van der Waals surface area contributed by atoms with Gasteiger partial charge in [0.1, 0.15) is 5.70 Å². The maximum absolute atomic E-state index is 12.4. The van der Waals surface area contributed by atoms with Crippen LogP contribution in [-0.2, 0) is 9.59 Å². The molecular weight excluding hydrogens is 414 g/mol. The number of β-lactam (4-membered cyclic amide) rings is 1. The summed E-state index contributed by atoms with van der Waals surface area (Å²) in [5.74, 6) is -2.23. The first-order chi connectivity index (χ1) is 13.8. The number of hydrogen-bond donors (Lipinski definition) is 4. The van der Waals surface area contributed by atoms with E-state index in [2.05, 4.69) is 10.3 Å². The highest BCUT2D eigenvalue weighted by Gasteiger charge is 2.60. The number of aliphatic hydroxyl groups excluding tert-OH is 2. The van der Waals surface area contributed by atoms with Gasteiger partial charge in [-0.25, -0.2) is 9.78 Å².